The number of methoxy groups -OCH3 is 1. The summed E-state index contributed by atoms with van der Waals surface area (Å²) >= 11 is 0. The van der Waals surface area contributed by atoms with Gasteiger partial charge in [-0.25, -0.2) is 14.0 Å². The van der Waals surface area contributed by atoms with Gasteiger partial charge in [-0.15, -0.1) is 6.58 Å². The Balaban J connectivity index is 2.15. The number of hydrogen-bond donors (Lipinski definition) is 0. The van der Waals surface area contributed by atoms with Crippen molar-refractivity contribution >= 4 is 12.1 Å². The number of rotatable bonds is 6. The maximum absolute atomic E-state index is 14.0. The van der Waals surface area contributed by atoms with Gasteiger partial charge in [-0.05, 0) is 18.4 Å². The van der Waals surface area contributed by atoms with E-state index in [0.717, 1.165) is 10.5 Å². The number of esters is 1. The molecule has 6 heteroatoms. The maximum Gasteiger partial charge on any atom is 0.411 e. The molecule has 0 unspecified atom stereocenters. The van der Waals surface area contributed by atoms with Crippen LogP contribution in [0.2, 0.25) is 0 Å². The van der Waals surface area contributed by atoms with E-state index in [4.69, 9.17) is 9.47 Å². The molecule has 1 amide bonds. The molecule has 130 valence electrons. The first-order valence-corrected chi connectivity index (χ1v) is 7.85. The van der Waals surface area contributed by atoms with E-state index >= 15 is 0 Å². The average Bonchev–Trinajstić information content (AvgIpc) is 2.95. The quantitative estimate of drug-likeness (QED) is 0.591. The molecular weight excluding hydrogens is 313 g/mol. The summed E-state index contributed by atoms with van der Waals surface area (Å²) < 4.78 is 24.1. The minimum absolute atomic E-state index is 0.0613. The predicted octanol–water partition coefficient (Wildman–Crippen LogP) is 3.25. The van der Waals surface area contributed by atoms with Crippen molar-refractivity contribution in [1.29, 1.82) is 0 Å². The minimum atomic E-state index is -1.34. The third-order valence-electron chi connectivity index (χ3n) is 4.21. The van der Waals surface area contributed by atoms with Crippen LogP contribution in [0, 0.1) is 0 Å². The Hall–Kier alpha value is -2.37. The van der Waals surface area contributed by atoms with Crippen molar-refractivity contribution in [3.63, 3.8) is 0 Å². The van der Waals surface area contributed by atoms with Gasteiger partial charge in [-0.3, -0.25) is 4.90 Å². The molecule has 1 aliphatic heterocycles. The standard InChI is InChI=1S/C18H22FNO4/c1-3-4-10-18(16(21)23-2)11-15(19)12-20(18)17(22)24-13-14-8-6-5-7-9-14/h3,5-9,15H,1,4,10-13H2,2H3/t15-,18-/m0/s1. The molecule has 0 spiro atoms. The number of hydrogen-bond acceptors (Lipinski definition) is 4. The molecule has 1 fully saturated rings. The van der Waals surface area contributed by atoms with E-state index in [9.17, 15) is 14.0 Å². The number of carbonyl (C=O) groups excluding carboxylic acids is 2. The summed E-state index contributed by atoms with van der Waals surface area (Å²) in [6.45, 7) is 3.50. The molecule has 0 aromatic heterocycles. The molecule has 0 saturated carbocycles. The molecule has 2 atom stereocenters. The normalized spacial score (nSPS) is 22.9. The summed E-state index contributed by atoms with van der Waals surface area (Å²) in [5.41, 5.74) is -0.521. The van der Waals surface area contributed by atoms with Gasteiger partial charge in [-0.1, -0.05) is 36.4 Å². The molecule has 1 aromatic carbocycles. The Morgan fingerprint density at radius 3 is 2.75 bits per heavy atom. The zero-order chi connectivity index (χ0) is 17.6. The first-order valence-electron chi connectivity index (χ1n) is 7.85. The van der Waals surface area contributed by atoms with Crippen LogP contribution >= 0.6 is 0 Å². The topological polar surface area (TPSA) is 55.8 Å². The van der Waals surface area contributed by atoms with E-state index in [1.807, 2.05) is 30.3 Å². The highest BCUT2D eigenvalue weighted by molar-refractivity contribution is 5.86. The highest BCUT2D eigenvalue weighted by Crippen LogP contribution is 2.37. The zero-order valence-electron chi connectivity index (χ0n) is 13.7. The van der Waals surface area contributed by atoms with Crippen molar-refractivity contribution in [2.24, 2.45) is 0 Å². The summed E-state index contributed by atoms with van der Waals surface area (Å²) in [4.78, 5) is 25.9. The molecule has 1 saturated heterocycles. The van der Waals surface area contributed by atoms with Gasteiger partial charge >= 0.3 is 12.1 Å². The summed E-state index contributed by atoms with van der Waals surface area (Å²) in [7, 11) is 1.23. The predicted molar refractivity (Wildman–Crippen MR) is 87.0 cm³/mol. The van der Waals surface area contributed by atoms with E-state index in [1.165, 1.54) is 7.11 Å². The molecule has 1 aromatic rings. The lowest BCUT2D eigenvalue weighted by molar-refractivity contribution is -0.153. The number of nitrogens with zero attached hydrogens (tertiary/aromatic N) is 1. The molecule has 1 aliphatic rings. The molecular formula is C18H22FNO4. The lowest BCUT2D eigenvalue weighted by Gasteiger charge is -2.34. The SMILES string of the molecule is C=CCC[C@@]1(C(=O)OC)C[C@H](F)CN1C(=O)OCc1ccccc1. The highest BCUT2D eigenvalue weighted by atomic mass is 19.1. The van der Waals surface area contributed by atoms with Crippen LogP contribution in [0.1, 0.15) is 24.8 Å². The fourth-order valence-electron chi connectivity index (χ4n) is 3.02. The Bertz CT molecular complexity index is 592. The van der Waals surface area contributed by atoms with E-state index in [2.05, 4.69) is 6.58 Å². The van der Waals surface area contributed by atoms with Gasteiger partial charge in [0.05, 0.1) is 13.7 Å². The van der Waals surface area contributed by atoms with Crippen LogP contribution in [0.25, 0.3) is 0 Å². The van der Waals surface area contributed by atoms with Crippen LogP contribution in [-0.2, 0) is 20.9 Å². The third-order valence-corrected chi connectivity index (χ3v) is 4.21. The van der Waals surface area contributed by atoms with Crippen LogP contribution in [0.4, 0.5) is 9.18 Å². The third kappa shape index (κ3) is 3.75. The summed E-state index contributed by atoms with van der Waals surface area (Å²) in [5.74, 6) is -0.624. The van der Waals surface area contributed by atoms with Gasteiger partial charge in [0.15, 0.2) is 0 Å². The lowest BCUT2D eigenvalue weighted by Crippen LogP contribution is -2.53. The number of carbonyl (C=O) groups is 2. The van der Waals surface area contributed by atoms with Crippen LogP contribution in [0.5, 0.6) is 0 Å². The number of allylic oxidation sites excluding steroid dienone is 1. The fraction of sp³-hybridized carbons (Fsp3) is 0.444. The van der Waals surface area contributed by atoms with Crippen LogP contribution in [0.15, 0.2) is 43.0 Å². The van der Waals surface area contributed by atoms with Gasteiger partial charge in [0.25, 0.3) is 0 Å². The minimum Gasteiger partial charge on any atom is -0.467 e. The van der Waals surface area contributed by atoms with Crippen molar-refractivity contribution in [3.8, 4) is 0 Å². The van der Waals surface area contributed by atoms with E-state index in [-0.39, 0.29) is 26.0 Å². The fourth-order valence-corrected chi connectivity index (χ4v) is 3.02. The smallest absolute Gasteiger partial charge is 0.411 e. The van der Waals surface area contributed by atoms with E-state index in [0.29, 0.717) is 6.42 Å². The molecule has 0 bridgehead atoms. The number of ether oxygens (including phenoxy) is 2. The molecule has 5 nitrogen and oxygen atoms in total. The molecule has 0 N–H and O–H groups in total. The first-order chi connectivity index (χ1) is 11.5. The van der Waals surface area contributed by atoms with Gasteiger partial charge in [0, 0.05) is 6.42 Å². The van der Waals surface area contributed by atoms with Gasteiger partial charge in [0.2, 0.25) is 0 Å². The molecule has 24 heavy (non-hydrogen) atoms. The Morgan fingerprint density at radius 2 is 2.12 bits per heavy atom. The van der Waals surface area contributed by atoms with E-state index < -0.39 is 23.8 Å². The second-order valence-corrected chi connectivity index (χ2v) is 5.80. The highest BCUT2D eigenvalue weighted by Gasteiger charge is 2.54. The molecule has 0 radical (unpaired) electrons. The number of likely N-dealkylation sites (tertiary alicyclic amines) is 1. The first kappa shape index (κ1) is 18.0. The molecule has 1 heterocycles. The average molecular weight is 335 g/mol. The van der Waals surface area contributed by atoms with Gasteiger partial charge < -0.3 is 9.47 Å². The van der Waals surface area contributed by atoms with Crippen molar-refractivity contribution in [1.82, 2.24) is 4.90 Å². The Labute approximate surface area is 141 Å². The van der Waals surface area contributed by atoms with Crippen molar-refractivity contribution in [3.05, 3.63) is 48.6 Å². The zero-order valence-corrected chi connectivity index (χ0v) is 13.7. The maximum atomic E-state index is 14.0. The van der Waals surface area contributed by atoms with Crippen molar-refractivity contribution in [2.45, 2.75) is 37.6 Å². The molecule has 2 rings (SSSR count). The van der Waals surface area contributed by atoms with E-state index in [1.54, 1.807) is 6.08 Å². The van der Waals surface area contributed by atoms with Crippen molar-refractivity contribution < 1.29 is 23.5 Å². The van der Waals surface area contributed by atoms with Crippen molar-refractivity contribution in [2.75, 3.05) is 13.7 Å². The molecule has 0 aliphatic carbocycles. The number of alkyl halides is 1. The van der Waals surface area contributed by atoms with Gasteiger partial charge in [-0.2, -0.15) is 0 Å². The lowest BCUT2D eigenvalue weighted by atomic mass is 9.90. The largest absolute Gasteiger partial charge is 0.467 e. The Morgan fingerprint density at radius 1 is 1.42 bits per heavy atom. The Kier molecular flexibility index (Phi) is 5.95. The summed E-state index contributed by atoms with van der Waals surface area (Å²) in [6.07, 6.45) is 0.248. The van der Waals surface area contributed by atoms with Crippen LogP contribution < -0.4 is 0 Å². The summed E-state index contributed by atoms with van der Waals surface area (Å²) in [6, 6.07) is 9.16. The second kappa shape index (κ2) is 7.95. The van der Waals surface area contributed by atoms with Crippen LogP contribution in [-0.4, -0.2) is 42.3 Å². The monoisotopic (exact) mass is 335 g/mol. The van der Waals surface area contributed by atoms with Gasteiger partial charge in [0.1, 0.15) is 18.3 Å². The number of amides is 1. The van der Waals surface area contributed by atoms with Crippen LogP contribution in [0.3, 0.4) is 0 Å². The second-order valence-electron chi connectivity index (χ2n) is 5.80. The summed E-state index contributed by atoms with van der Waals surface area (Å²) in [5, 5.41) is 0. The number of halogens is 1. The number of benzene rings is 1.